The van der Waals surface area contributed by atoms with Crippen molar-refractivity contribution in [1.82, 2.24) is 9.13 Å². The Labute approximate surface area is 588 Å². The standard InChI is InChI=1S/C90H94Br2N4/c1-5-7-9-11-13-63-23-41-77(42-24-63)95-87-51-31-69(57-83(87)85-59-79(49-53-89(85)95)93(73-37-15-61(3)16-38-73)75-45-33-71(91)34-46-75)81-55-65-19-27-67(81)29-21-66-20-28-68(30-22-65)82(56-66)70-32-52-88-84(58-70)86-60-80(94(74-39-17-62(4)18-40-74)76-47-35-72(92)36-48-76)50-54-90(86)96(88)78-43-25-64(26-44-78)14-12-10-8-6-2/h15-18,23-26,31-54,57-60,65-68,81-82H,5-14,19-22,27-30,55-56H2,1-4H3. The Balaban J connectivity index is 0.763. The van der Waals surface area contributed by atoms with Crippen molar-refractivity contribution in [2.24, 2.45) is 23.7 Å². The minimum Gasteiger partial charge on any atom is -0.310 e. The van der Waals surface area contributed by atoms with E-state index in [9.17, 15) is 0 Å². The summed E-state index contributed by atoms with van der Waals surface area (Å²) in [5.41, 5.74) is 23.1. The first-order valence-corrected chi connectivity index (χ1v) is 38.3. The average Bonchev–Trinajstić information content (AvgIpc) is 1.58. The second-order valence-electron chi connectivity index (χ2n) is 29.1. The van der Waals surface area contributed by atoms with Crippen molar-refractivity contribution in [1.29, 1.82) is 0 Å². The molecule has 12 aromatic rings. The molecule has 0 saturated heterocycles. The topological polar surface area (TPSA) is 16.3 Å². The van der Waals surface area contributed by atoms with Crippen LogP contribution in [0.15, 0.2) is 227 Å². The van der Waals surface area contributed by atoms with Gasteiger partial charge in [-0.1, -0.05) is 182 Å². The van der Waals surface area contributed by atoms with Crippen molar-refractivity contribution in [2.75, 3.05) is 9.80 Å². The summed E-state index contributed by atoms with van der Waals surface area (Å²) >= 11 is 7.48. The fourth-order valence-electron chi connectivity index (χ4n) is 17.5. The summed E-state index contributed by atoms with van der Waals surface area (Å²) < 4.78 is 7.28. The van der Waals surface area contributed by atoms with Gasteiger partial charge in [0.15, 0.2) is 0 Å². The minimum absolute atomic E-state index is 0.555. The minimum atomic E-state index is 0.555. The number of rotatable bonds is 20. The van der Waals surface area contributed by atoms with Crippen molar-refractivity contribution in [3.05, 3.63) is 261 Å². The van der Waals surface area contributed by atoms with Gasteiger partial charge in [0.1, 0.15) is 0 Å². The number of halogens is 2. The zero-order chi connectivity index (χ0) is 65.2. The number of aromatic nitrogens is 2. The van der Waals surface area contributed by atoms with E-state index in [1.807, 2.05) is 0 Å². The van der Waals surface area contributed by atoms with Crippen LogP contribution >= 0.6 is 31.9 Å². The van der Waals surface area contributed by atoms with Crippen molar-refractivity contribution in [3.63, 3.8) is 0 Å². The SMILES string of the molecule is CCCCCCc1ccc(-n2c3ccc(C4CC5CCC4CCC4CCC(CC5)C(c5ccc6c(c5)c5cc(N(c7ccc(C)cc7)c7ccc(Br)cc7)ccc5n6-c5ccc(CCCCCC)cc5)C4)cc3c3cc(N(c4ccc(C)cc4)c4ccc(Br)cc4)ccc32)cc1. The summed E-state index contributed by atoms with van der Waals surface area (Å²) in [4.78, 5) is 4.87. The van der Waals surface area contributed by atoms with Crippen LogP contribution in [0, 0.1) is 37.5 Å². The zero-order valence-corrected chi connectivity index (χ0v) is 60.1. The molecule has 2 aromatic heterocycles. The summed E-state index contributed by atoms with van der Waals surface area (Å²) in [5, 5.41) is 5.37. The third-order valence-corrected chi connectivity index (χ3v) is 23.9. The van der Waals surface area contributed by atoms with Crippen LogP contribution in [0.3, 0.4) is 0 Å². The highest BCUT2D eigenvalue weighted by Gasteiger charge is 2.38. The van der Waals surface area contributed by atoms with Crippen LogP contribution in [-0.4, -0.2) is 9.13 Å². The molecule has 488 valence electrons. The van der Waals surface area contributed by atoms with Gasteiger partial charge in [0.2, 0.25) is 0 Å². The highest BCUT2D eigenvalue weighted by atomic mass is 79.9. The number of anilines is 6. The third-order valence-electron chi connectivity index (χ3n) is 22.8. The lowest BCUT2D eigenvalue weighted by atomic mass is 9.63. The molecule has 0 radical (unpaired) electrons. The highest BCUT2D eigenvalue weighted by molar-refractivity contribution is 9.10. The smallest absolute Gasteiger partial charge is 0.0542 e. The van der Waals surface area contributed by atoms with E-state index < -0.39 is 0 Å². The Hall–Kier alpha value is -7.64. The van der Waals surface area contributed by atoms with E-state index in [-0.39, 0.29) is 0 Å². The predicted octanol–water partition coefficient (Wildman–Crippen LogP) is 27.5. The van der Waals surface area contributed by atoms with Crippen LogP contribution in [0.1, 0.15) is 175 Å². The molecular formula is C90H94Br2N4. The molecule has 10 aromatic carbocycles. The van der Waals surface area contributed by atoms with E-state index in [4.69, 9.17) is 0 Å². The first-order valence-electron chi connectivity index (χ1n) is 36.7. The molecule has 4 nitrogen and oxygen atoms in total. The summed E-state index contributed by atoms with van der Waals surface area (Å²) in [6.45, 7) is 8.96. The fourth-order valence-corrected chi connectivity index (χ4v) is 18.1. The predicted molar refractivity (Wildman–Crippen MR) is 417 cm³/mol. The van der Waals surface area contributed by atoms with Crippen LogP contribution in [0.25, 0.3) is 55.0 Å². The highest BCUT2D eigenvalue weighted by Crippen LogP contribution is 2.53. The lowest BCUT2D eigenvalue weighted by Gasteiger charge is -2.42. The Morgan fingerprint density at radius 3 is 1.01 bits per heavy atom. The van der Waals surface area contributed by atoms with E-state index in [1.54, 1.807) is 11.1 Å². The molecule has 0 aliphatic heterocycles. The molecule has 6 saturated carbocycles. The largest absolute Gasteiger partial charge is 0.310 e. The second-order valence-corrected chi connectivity index (χ2v) is 31.0. The van der Waals surface area contributed by atoms with Crippen molar-refractivity contribution >= 4 is 110 Å². The number of fused-ring (bicyclic) bond motifs is 6. The molecular weight excluding hydrogens is 1300 g/mol. The molecule has 2 unspecified atom stereocenters. The monoisotopic (exact) mass is 1390 g/mol. The molecule has 0 amide bonds. The van der Waals surface area contributed by atoms with Gasteiger partial charge in [-0.3, -0.25) is 0 Å². The van der Waals surface area contributed by atoms with Crippen molar-refractivity contribution in [3.8, 4) is 11.4 Å². The van der Waals surface area contributed by atoms with Gasteiger partial charge in [0.05, 0.1) is 22.1 Å². The number of unbranched alkanes of at least 4 members (excludes halogenated alkanes) is 6. The maximum atomic E-state index is 3.74. The molecule has 4 bridgehead atoms. The Kier molecular flexibility index (Phi) is 19.3. The molecule has 18 rings (SSSR count). The van der Waals surface area contributed by atoms with Gasteiger partial charge in [-0.2, -0.15) is 0 Å². The van der Waals surface area contributed by atoms with E-state index in [0.29, 0.717) is 23.7 Å². The molecule has 2 heterocycles. The van der Waals surface area contributed by atoms with Gasteiger partial charge in [-0.25, -0.2) is 0 Å². The van der Waals surface area contributed by atoms with Crippen LogP contribution in [0.2, 0.25) is 0 Å². The maximum absolute atomic E-state index is 3.74. The van der Waals surface area contributed by atoms with Crippen LogP contribution < -0.4 is 9.80 Å². The number of hydrogen-bond donors (Lipinski definition) is 0. The maximum Gasteiger partial charge on any atom is 0.0542 e. The molecule has 6 aliphatic rings. The first-order chi connectivity index (χ1) is 47.1. The summed E-state index contributed by atoms with van der Waals surface area (Å²) in [6.07, 6.45) is 25.8. The molecule has 96 heavy (non-hydrogen) atoms. The van der Waals surface area contributed by atoms with Crippen molar-refractivity contribution in [2.45, 2.75) is 168 Å². The second kappa shape index (κ2) is 28.8. The molecule has 6 heteroatoms. The molecule has 0 N–H and O–H groups in total. The zero-order valence-electron chi connectivity index (χ0n) is 56.9. The van der Waals surface area contributed by atoms with Gasteiger partial charge in [-0.05, 0) is 294 Å². The van der Waals surface area contributed by atoms with Gasteiger partial charge in [-0.15, -0.1) is 0 Å². The van der Waals surface area contributed by atoms with Gasteiger partial charge >= 0.3 is 0 Å². The summed E-state index contributed by atoms with van der Waals surface area (Å²) in [6, 6.07) is 84.7. The van der Waals surface area contributed by atoms with E-state index in [0.717, 1.165) is 56.4 Å². The number of aryl methyl sites for hydroxylation is 4. The molecule has 2 atom stereocenters. The van der Waals surface area contributed by atoms with Crippen molar-refractivity contribution < 1.29 is 0 Å². The number of nitrogens with zero attached hydrogens (tertiary/aromatic N) is 4. The fraction of sp³-hybridized carbons (Fsp3) is 0.333. The Bertz CT molecular complexity index is 4250. The summed E-state index contributed by atoms with van der Waals surface area (Å²) in [7, 11) is 0. The average molecular weight is 1390 g/mol. The molecule has 6 aliphatic carbocycles. The number of benzene rings is 10. The number of hydrogen-bond acceptors (Lipinski definition) is 2. The normalized spacial score (nSPS) is 18.9. The first kappa shape index (κ1) is 64.4. The Morgan fingerprint density at radius 1 is 0.333 bits per heavy atom. The summed E-state index contributed by atoms with van der Waals surface area (Å²) in [5.74, 6) is 3.93. The van der Waals surface area contributed by atoms with Crippen LogP contribution in [0.5, 0.6) is 0 Å². The van der Waals surface area contributed by atoms with E-state index >= 15 is 0 Å². The molecule has 0 spiro atoms. The van der Waals surface area contributed by atoms with Gasteiger partial charge in [0, 0.05) is 76.0 Å². The van der Waals surface area contributed by atoms with Crippen LogP contribution in [0.4, 0.5) is 34.1 Å². The van der Waals surface area contributed by atoms with Gasteiger partial charge < -0.3 is 18.9 Å². The lowest BCUT2D eigenvalue weighted by molar-refractivity contribution is 0.145. The molecule has 6 fully saturated rings. The van der Waals surface area contributed by atoms with Gasteiger partial charge in [0.25, 0.3) is 0 Å². The lowest BCUT2D eigenvalue weighted by Crippen LogP contribution is -2.29. The van der Waals surface area contributed by atoms with E-state index in [2.05, 4.69) is 297 Å². The van der Waals surface area contributed by atoms with Crippen LogP contribution in [-0.2, 0) is 12.8 Å². The third kappa shape index (κ3) is 13.4. The van der Waals surface area contributed by atoms with E-state index in [1.165, 1.54) is 204 Å². The quantitative estimate of drug-likeness (QED) is 0.0707. The Morgan fingerprint density at radius 2 is 0.656 bits per heavy atom.